The van der Waals surface area contributed by atoms with Gasteiger partial charge in [0.1, 0.15) is 0 Å². The van der Waals surface area contributed by atoms with Crippen molar-refractivity contribution in [3.05, 3.63) is 34.5 Å². The minimum atomic E-state index is -1.50. The van der Waals surface area contributed by atoms with Crippen LogP contribution in [-0.2, 0) is 0 Å². The second-order valence-electron chi connectivity index (χ2n) is 6.39. The van der Waals surface area contributed by atoms with Gasteiger partial charge in [0.2, 0.25) is 0 Å². The Balaban J connectivity index is 0.00000118. The predicted molar refractivity (Wildman–Crippen MR) is 99.7 cm³/mol. The van der Waals surface area contributed by atoms with Crippen LogP contribution in [0.2, 0.25) is 0 Å². The summed E-state index contributed by atoms with van der Waals surface area (Å²) in [5.41, 5.74) is 0. The number of rotatable bonds is 13. The molecule has 0 atom stereocenters. The molecule has 0 radical (unpaired) electrons. The number of hydrogen-bond acceptors (Lipinski definition) is 3. The van der Waals surface area contributed by atoms with Gasteiger partial charge < -0.3 is 10.1 Å². The first kappa shape index (κ1) is 22.5. The van der Waals surface area contributed by atoms with E-state index in [0.717, 1.165) is 6.54 Å². The van der Waals surface area contributed by atoms with Crippen molar-refractivity contribution in [1.82, 2.24) is 4.90 Å². The summed E-state index contributed by atoms with van der Waals surface area (Å²) in [5.74, 6) is 0. The van der Waals surface area contributed by atoms with Gasteiger partial charge in [0.25, 0.3) is 5.09 Å². The van der Waals surface area contributed by atoms with Gasteiger partial charge in [0.15, 0.2) is 0 Å². The Morgan fingerprint density at radius 2 is 1.38 bits per heavy atom. The fraction of sp³-hybridized carbons (Fsp3) is 0.789. The van der Waals surface area contributed by atoms with Crippen LogP contribution in [0.25, 0.3) is 0 Å². The topological polar surface area (TPSA) is 66.6 Å². The van der Waals surface area contributed by atoms with Crippen LogP contribution in [-0.4, -0.2) is 28.3 Å². The summed E-state index contributed by atoms with van der Waals surface area (Å²) < 4.78 is 0. The molecular weight excluding hydrogens is 304 g/mol. The summed E-state index contributed by atoms with van der Waals surface area (Å²) in [6.07, 6.45) is 26.0. The SMILES string of the molecule is CCCCCCCCCCCCCCN1C=CC=CC1.O=[N+]([O-])O. The molecule has 1 aliphatic heterocycles. The van der Waals surface area contributed by atoms with Crippen molar-refractivity contribution < 1.29 is 10.3 Å². The molecule has 1 N–H and O–H groups in total. The van der Waals surface area contributed by atoms with Crippen LogP contribution in [0, 0.1) is 10.1 Å². The smallest absolute Gasteiger partial charge is 0.291 e. The number of hydrogen-bond donors (Lipinski definition) is 1. The molecule has 0 fully saturated rings. The number of allylic oxidation sites excluding steroid dienone is 2. The molecule has 5 heteroatoms. The zero-order valence-electron chi connectivity index (χ0n) is 15.4. The summed E-state index contributed by atoms with van der Waals surface area (Å²) >= 11 is 0. The molecule has 0 amide bonds. The van der Waals surface area contributed by atoms with E-state index in [1.807, 2.05) is 0 Å². The highest BCUT2D eigenvalue weighted by Gasteiger charge is 1.99. The van der Waals surface area contributed by atoms with E-state index in [-0.39, 0.29) is 0 Å². The Morgan fingerprint density at radius 3 is 1.79 bits per heavy atom. The molecule has 0 spiro atoms. The first-order valence-electron chi connectivity index (χ1n) is 9.57. The lowest BCUT2D eigenvalue weighted by molar-refractivity contribution is -0.742. The average molecular weight is 341 g/mol. The van der Waals surface area contributed by atoms with Gasteiger partial charge >= 0.3 is 0 Å². The molecule has 1 heterocycles. The Bertz CT molecular complexity index is 340. The molecule has 0 saturated heterocycles. The maximum absolute atomic E-state index is 8.36. The van der Waals surface area contributed by atoms with E-state index in [2.05, 4.69) is 36.3 Å². The average Bonchev–Trinajstić information content (AvgIpc) is 2.56. The molecular formula is C19H36N2O3. The lowest BCUT2D eigenvalue weighted by Gasteiger charge is -2.20. The van der Waals surface area contributed by atoms with E-state index in [0.29, 0.717) is 0 Å². The third-order valence-corrected chi connectivity index (χ3v) is 4.18. The Labute approximate surface area is 147 Å². The zero-order valence-corrected chi connectivity index (χ0v) is 15.4. The highest BCUT2D eigenvalue weighted by Crippen LogP contribution is 2.12. The quantitative estimate of drug-likeness (QED) is 0.264. The second-order valence-corrected chi connectivity index (χ2v) is 6.39. The third-order valence-electron chi connectivity index (χ3n) is 4.18. The van der Waals surface area contributed by atoms with E-state index >= 15 is 0 Å². The Kier molecular flexibility index (Phi) is 16.7. The highest BCUT2D eigenvalue weighted by atomic mass is 16.9. The van der Waals surface area contributed by atoms with Gasteiger partial charge in [-0.2, -0.15) is 0 Å². The molecule has 0 aromatic heterocycles. The van der Waals surface area contributed by atoms with Gasteiger partial charge in [-0.15, -0.1) is 10.1 Å². The standard InChI is InChI=1S/C19H35N.HNO3/c1-2-3-4-5-6-7-8-9-10-11-12-14-17-20-18-15-13-16-19-20;2-1(3)4/h13,15-16,18H,2-12,14,17,19H2,1H3;(H,2,3,4). The van der Waals surface area contributed by atoms with E-state index in [9.17, 15) is 0 Å². The van der Waals surface area contributed by atoms with Crippen LogP contribution in [0.3, 0.4) is 0 Å². The van der Waals surface area contributed by atoms with E-state index in [4.69, 9.17) is 15.3 Å². The first-order chi connectivity index (χ1) is 11.7. The zero-order chi connectivity index (χ0) is 17.9. The lowest BCUT2D eigenvalue weighted by Crippen LogP contribution is -2.19. The van der Waals surface area contributed by atoms with Crippen molar-refractivity contribution in [2.24, 2.45) is 0 Å². The van der Waals surface area contributed by atoms with Crippen LogP contribution < -0.4 is 0 Å². The molecule has 0 bridgehead atoms. The molecule has 0 aromatic rings. The van der Waals surface area contributed by atoms with Gasteiger partial charge in [0.05, 0.1) is 0 Å². The summed E-state index contributed by atoms with van der Waals surface area (Å²) in [6, 6.07) is 0. The molecule has 0 aromatic carbocycles. The van der Waals surface area contributed by atoms with Crippen LogP contribution in [0.5, 0.6) is 0 Å². The monoisotopic (exact) mass is 340 g/mol. The van der Waals surface area contributed by atoms with Gasteiger partial charge in [0, 0.05) is 13.1 Å². The minimum Gasteiger partial charge on any atom is -0.374 e. The minimum absolute atomic E-state index is 1.11. The van der Waals surface area contributed by atoms with Crippen LogP contribution in [0.15, 0.2) is 24.4 Å². The van der Waals surface area contributed by atoms with Crippen molar-refractivity contribution in [2.45, 2.75) is 84.0 Å². The van der Waals surface area contributed by atoms with E-state index in [1.54, 1.807) is 0 Å². The van der Waals surface area contributed by atoms with Crippen LogP contribution in [0.4, 0.5) is 0 Å². The van der Waals surface area contributed by atoms with Crippen molar-refractivity contribution in [3.63, 3.8) is 0 Å². The summed E-state index contributed by atoms with van der Waals surface area (Å²) in [7, 11) is 0. The second kappa shape index (κ2) is 17.8. The van der Waals surface area contributed by atoms with Crippen molar-refractivity contribution in [2.75, 3.05) is 13.1 Å². The van der Waals surface area contributed by atoms with Gasteiger partial charge in [-0.25, -0.2) is 0 Å². The summed E-state index contributed by atoms with van der Waals surface area (Å²) in [4.78, 5) is 10.8. The maximum Gasteiger partial charge on any atom is 0.291 e. The Morgan fingerprint density at radius 1 is 0.917 bits per heavy atom. The number of unbranched alkanes of at least 4 members (excludes halogenated alkanes) is 11. The summed E-state index contributed by atoms with van der Waals surface area (Å²) in [6.45, 7) is 4.63. The van der Waals surface area contributed by atoms with Crippen molar-refractivity contribution in [1.29, 1.82) is 0 Å². The molecule has 1 rings (SSSR count). The van der Waals surface area contributed by atoms with Gasteiger partial charge in [-0.3, -0.25) is 0 Å². The third kappa shape index (κ3) is 18.5. The van der Waals surface area contributed by atoms with E-state index < -0.39 is 5.09 Å². The molecule has 5 nitrogen and oxygen atoms in total. The fourth-order valence-corrected chi connectivity index (χ4v) is 2.83. The van der Waals surface area contributed by atoms with Crippen LogP contribution in [0.1, 0.15) is 84.0 Å². The number of nitrogens with zero attached hydrogens (tertiary/aromatic N) is 2. The molecule has 0 aliphatic carbocycles. The Hall–Kier alpha value is -1.52. The van der Waals surface area contributed by atoms with Crippen molar-refractivity contribution in [3.8, 4) is 0 Å². The maximum atomic E-state index is 8.36. The molecule has 0 unspecified atom stereocenters. The molecule has 0 saturated carbocycles. The normalized spacial score (nSPS) is 12.8. The summed E-state index contributed by atoms with van der Waals surface area (Å²) in [5, 5.41) is 13.6. The largest absolute Gasteiger partial charge is 0.374 e. The molecule has 1 aliphatic rings. The molecule has 24 heavy (non-hydrogen) atoms. The van der Waals surface area contributed by atoms with Gasteiger partial charge in [-0.1, -0.05) is 89.7 Å². The van der Waals surface area contributed by atoms with Crippen molar-refractivity contribution >= 4 is 0 Å². The first-order valence-corrected chi connectivity index (χ1v) is 9.57. The lowest BCUT2D eigenvalue weighted by atomic mass is 10.1. The fourth-order valence-electron chi connectivity index (χ4n) is 2.83. The highest BCUT2D eigenvalue weighted by molar-refractivity contribution is 5.08. The van der Waals surface area contributed by atoms with E-state index in [1.165, 1.54) is 83.6 Å². The predicted octanol–water partition coefficient (Wildman–Crippen LogP) is 5.73. The van der Waals surface area contributed by atoms with Gasteiger partial charge in [-0.05, 0) is 18.7 Å². The van der Waals surface area contributed by atoms with Crippen LogP contribution >= 0.6 is 0 Å². The molecule has 140 valence electrons.